The summed E-state index contributed by atoms with van der Waals surface area (Å²) in [6, 6.07) is -0.247. The lowest BCUT2D eigenvalue weighted by atomic mass is 10.0. The van der Waals surface area contributed by atoms with Crippen molar-refractivity contribution in [3.63, 3.8) is 0 Å². The van der Waals surface area contributed by atoms with Crippen molar-refractivity contribution in [2.75, 3.05) is 0 Å². The molecule has 1 aromatic heterocycles. The smallest absolute Gasteiger partial charge is 0.328 e. The van der Waals surface area contributed by atoms with E-state index in [-0.39, 0.29) is 12.0 Å². The Hall–Kier alpha value is -1.18. The van der Waals surface area contributed by atoms with Gasteiger partial charge < -0.3 is 9.30 Å². The lowest BCUT2D eigenvalue weighted by molar-refractivity contribution is -0.142. The predicted molar refractivity (Wildman–Crippen MR) is 90.2 cm³/mol. The topological polar surface area (TPSA) is 68.0 Å². The number of carbonyl (C=O) groups excluding carboxylic acids is 1. The Balaban J connectivity index is 3.17. The Morgan fingerprint density at radius 1 is 1.62 bits per heavy atom. The number of aryl methyl sites for hydroxylation is 2. The van der Waals surface area contributed by atoms with E-state index in [9.17, 15) is 4.79 Å². The summed E-state index contributed by atoms with van der Waals surface area (Å²) in [7, 11) is 0. The number of rotatable bonds is 5. The molecular formula is C15H22IN3O2. The molecule has 0 amide bonds. The molecule has 1 rings (SSSR count). The zero-order valence-corrected chi connectivity index (χ0v) is 15.3. The number of aromatic nitrogens is 2. The van der Waals surface area contributed by atoms with Gasteiger partial charge in [-0.05, 0) is 27.7 Å². The standard InChI is InChI=1S/C15H22IN3O2/c1-7-10(3)21-14(20)15(6,16)12(5)19-8-9(2)18-11(4)13(19)17/h8,12,17H,3,7H2,1-2,4-6H3/t12-,15?/m0/s1. The first-order chi connectivity index (χ1) is 9.61. The number of carbonyl (C=O) groups is 1. The SMILES string of the molecule is C=C(CC)OC(=O)C(C)(I)[C@H](C)n1cc(C)nc(C)c1=N. The molecule has 0 aliphatic heterocycles. The number of halogens is 1. The van der Waals surface area contributed by atoms with Gasteiger partial charge in [0.15, 0.2) is 0 Å². The van der Waals surface area contributed by atoms with Crippen LogP contribution in [0.1, 0.15) is 44.6 Å². The molecule has 0 fully saturated rings. The summed E-state index contributed by atoms with van der Waals surface area (Å²) >= 11 is 2.08. The Morgan fingerprint density at radius 3 is 2.71 bits per heavy atom. The number of ether oxygens (including phenoxy) is 1. The Bertz CT molecular complexity index is 620. The number of alkyl halides is 1. The molecule has 0 bridgehead atoms. The number of esters is 1. The second kappa shape index (κ2) is 6.72. The molecule has 1 N–H and O–H groups in total. The summed E-state index contributed by atoms with van der Waals surface area (Å²) < 4.78 is 6.23. The van der Waals surface area contributed by atoms with Gasteiger partial charge in [0.2, 0.25) is 0 Å². The van der Waals surface area contributed by atoms with Crippen molar-refractivity contribution in [2.24, 2.45) is 0 Å². The summed E-state index contributed by atoms with van der Waals surface area (Å²) in [5.41, 5.74) is 1.76. The van der Waals surface area contributed by atoms with E-state index >= 15 is 0 Å². The van der Waals surface area contributed by atoms with Gasteiger partial charge in [-0.2, -0.15) is 0 Å². The van der Waals surface area contributed by atoms with E-state index in [0.717, 1.165) is 5.69 Å². The molecule has 0 spiro atoms. The van der Waals surface area contributed by atoms with Crippen LogP contribution in [0.3, 0.4) is 0 Å². The minimum absolute atomic E-state index is 0.247. The highest BCUT2D eigenvalue weighted by atomic mass is 127. The fourth-order valence-corrected chi connectivity index (χ4v) is 2.25. The monoisotopic (exact) mass is 403 g/mol. The highest BCUT2D eigenvalue weighted by Gasteiger charge is 2.39. The molecule has 1 unspecified atom stereocenters. The molecule has 6 heteroatoms. The molecule has 0 saturated carbocycles. The van der Waals surface area contributed by atoms with Crippen molar-refractivity contribution in [1.82, 2.24) is 9.55 Å². The van der Waals surface area contributed by atoms with Crippen molar-refractivity contribution >= 4 is 28.6 Å². The molecule has 0 aliphatic carbocycles. The van der Waals surface area contributed by atoms with Crippen LogP contribution in [0.4, 0.5) is 0 Å². The van der Waals surface area contributed by atoms with Crippen LogP contribution in [-0.4, -0.2) is 18.9 Å². The number of allylic oxidation sites excluding steroid dienone is 1. The van der Waals surface area contributed by atoms with E-state index in [2.05, 4.69) is 34.2 Å². The van der Waals surface area contributed by atoms with Gasteiger partial charge in [-0.15, -0.1) is 0 Å². The van der Waals surface area contributed by atoms with Gasteiger partial charge in [-0.25, -0.2) is 0 Å². The molecule has 0 aromatic carbocycles. The first kappa shape index (κ1) is 17.9. The largest absolute Gasteiger partial charge is 0.431 e. The summed E-state index contributed by atoms with van der Waals surface area (Å²) in [5.74, 6) is 0.106. The molecule has 0 radical (unpaired) electrons. The maximum atomic E-state index is 12.3. The van der Waals surface area contributed by atoms with Crippen molar-refractivity contribution in [2.45, 2.75) is 50.5 Å². The first-order valence-electron chi connectivity index (χ1n) is 6.81. The lowest BCUT2D eigenvalue weighted by Gasteiger charge is -2.30. The maximum absolute atomic E-state index is 12.3. The fourth-order valence-electron chi connectivity index (χ4n) is 1.84. The second-order valence-corrected chi connectivity index (χ2v) is 7.50. The van der Waals surface area contributed by atoms with Crippen LogP contribution in [0.2, 0.25) is 0 Å². The highest BCUT2D eigenvalue weighted by Crippen LogP contribution is 2.33. The van der Waals surface area contributed by atoms with Gasteiger partial charge in [0, 0.05) is 12.6 Å². The zero-order chi connectivity index (χ0) is 16.4. The Labute approximate surface area is 139 Å². The first-order valence-corrected chi connectivity index (χ1v) is 7.89. The molecule has 0 aliphatic rings. The average Bonchev–Trinajstić information content (AvgIpc) is 2.41. The molecule has 1 heterocycles. The minimum Gasteiger partial charge on any atom is -0.431 e. The number of nitrogens with zero attached hydrogens (tertiary/aromatic N) is 2. The molecule has 2 atom stereocenters. The summed E-state index contributed by atoms with van der Waals surface area (Å²) in [4.78, 5) is 16.6. The zero-order valence-electron chi connectivity index (χ0n) is 13.2. The fraction of sp³-hybridized carbons (Fsp3) is 0.533. The van der Waals surface area contributed by atoms with Crippen LogP contribution in [0.15, 0.2) is 18.5 Å². The van der Waals surface area contributed by atoms with Crippen LogP contribution in [0.25, 0.3) is 0 Å². The predicted octanol–water partition coefficient (Wildman–Crippen LogP) is 3.20. The summed E-state index contributed by atoms with van der Waals surface area (Å²) in [6.45, 7) is 13.0. The van der Waals surface area contributed by atoms with Crippen LogP contribution in [-0.2, 0) is 9.53 Å². The summed E-state index contributed by atoms with van der Waals surface area (Å²) in [6.07, 6.45) is 2.38. The lowest BCUT2D eigenvalue weighted by Crippen LogP contribution is -2.42. The van der Waals surface area contributed by atoms with Crippen LogP contribution < -0.4 is 5.49 Å². The molecule has 5 nitrogen and oxygen atoms in total. The van der Waals surface area contributed by atoms with Gasteiger partial charge in [0.05, 0.1) is 17.4 Å². The van der Waals surface area contributed by atoms with Crippen molar-refractivity contribution in [3.05, 3.63) is 35.4 Å². The number of hydrogen-bond acceptors (Lipinski definition) is 4. The van der Waals surface area contributed by atoms with Gasteiger partial charge in [-0.1, -0.05) is 36.1 Å². The van der Waals surface area contributed by atoms with Gasteiger partial charge in [0.1, 0.15) is 14.7 Å². The van der Waals surface area contributed by atoms with E-state index in [0.29, 0.717) is 23.4 Å². The molecule has 116 valence electrons. The third-order valence-electron chi connectivity index (χ3n) is 3.50. The van der Waals surface area contributed by atoms with E-state index in [1.54, 1.807) is 24.6 Å². The average molecular weight is 403 g/mol. The summed E-state index contributed by atoms with van der Waals surface area (Å²) in [5, 5.41) is 8.15. The van der Waals surface area contributed by atoms with Crippen molar-refractivity contribution in [1.29, 1.82) is 5.41 Å². The quantitative estimate of drug-likeness (QED) is 0.355. The van der Waals surface area contributed by atoms with Crippen molar-refractivity contribution < 1.29 is 9.53 Å². The normalized spacial score (nSPS) is 15.1. The molecule has 0 saturated heterocycles. The Kier molecular flexibility index (Phi) is 5.72. The third kappa shape index (κ3) is 3.93. The second-order valence-electron chi connectivity index (χ2n) is 5.26. The number of hydrogen-bond donors (Lipinski definition) is 1. The third-order valence-corrected chi connectivity index (χ3v) is 4.84. The van der Waals surface area contributed by atoms with Crippen LogP contribution in [0.5, 0.6) is 0 Å². The van der Waals surface area contributed by atoms with Gasteiger partial charge in [0.25, 0.3) is 0 Å². The molecular weight excluding hydrogens is 381 g/mol. The molecule has 1 aromatic rings. The van der Waals surface area contributed by atoms with E-state index < -0.39 is 3.42 Å². The van der Waals surface area contributed by atoms with Gasteiger partial charge >= 0.3 is 5.97 Å². The van der Waals surface area contributed by atoms with E-state index in [1.807, 2.05) is 20.8 Å². The van der Waals surface area contributed by atoms with E-state index in [1.165, 1.54) is 0 Å². The van der Waals surface area contributed by atoms with Crippen LogP contribution in [0, 0.1) is 19.3 Å². The van der Waals surface area contributed by atoms with Gasteiger partial charge in [-0.3, -0.25) is 15.2 Å². The van der Waals surface area contributed by atoms with Crippen molar-refractivity contribution in [3.8, 4) is 0 Å². The minimum atomic E-state index is -0.809. The number of nitrogens with one attached hydrogen (secondary N) is 1. The van der Waals surface area contributed by atoms with E-state index in [4.69, 9.17) is 10.1 Å². The maximum Gasteiger partial charge on any atom is 0.328 e. The Morgan fingerprint density at radius 2 is 2.19 bits per heavy atom. The molecule has 21 heavy (non-hydrogen) atoms. The van der Waals surface area contributed by atoms with Crippen LogP contribution >= 0.6 is 22.6 Å². The highest BCUT2D eigenvalue weighted by molar-refractivity contribution is 14.1.